The molecule has 90 valence electrons. The van der Waals surface area contributed by atoms with Gasteiger partial charge in [-0.1, -0.05) is 36.4 Å². The highest BCUT2D eigenvalue weighted by Crippen LogP contribution is 2.13. The largest absolute Gasteiger partial charge is 0.508 e. The lowest BCUT2D eigenvalue weighted by Crippen LogP contribution is -1.94. The molecule has 0 atom stereocenters. The fourth-order valence-electron chi connectivity index (χ4n) is 1.51. The van der Waals surface area contributed by atoms with Gasteiger partial charge in [-0.3, -0.25) is 0 Å². The van der Waals surface area contributed by atoms with Crippen LogP contribution in [-0.4, -0.2) is 16.2 Å². The molecule has 0 fully saturated rings. The van der Waals surface area contributed by atoms with Crippen molar-refractivity contribution in [3.8, 4) is 5.75 Å². The maximum Gasteiger partial charge on any atom is 0.335 e. The zero-order chi connectivity index (χ0) is 13.0. The monoisotopic (exact) mass is 240 g/mol. The molecule has 3 nitrogen and oxygen atoms in total. The third-order valence-electron chi connectivity index (χ3n) is 2.52. The quantitative estimate of drug-likeness (QED) is 0.809. The average molecular weight is 240 g/mol. The molecule has 0 heterocycles. The van der Waals surface area contributed by atoms with Crippen LogP contribution in [0.1, 0.15) is 21.5 Å². The highest BCUT2D eigenvalue weighted by atomic mass is 16.4. The van der Waals surface area contributed by atoms with E-state index in [1.54, 1.807) is 48.5 Å². The Labute approximate surface area is 105 Å². The van der Waals surface area contributed by atoms with Crippen molar-refractivity contribution in [1.29, 1.82) is 0 Å². The Kier molecular flexibility index (Phi) is 3.44. The molecule has 0 unspecified atom stereocenters. The van der Waals surface area contributed by atoms with E-state index in [2.05, 4.69) is 0 Å². The predicted octanol–water partition coefficient (Wildman–Crippen LogP) is 3.26. The summed E-state index contributed by atoms with van der Waals surface area (Å²) in [6, 6.07) is 13.5. The van der Waals surface area contributed by atoms with Crippen molar-refractivity contribution in [2.75, 3.05) is 0 Å². The molecule has 18 heavy (non-hydrogen) atoms. The standard InChI is InChI=1S/C15H12O3/c16-14-9-5-12(6-10-14)2-1-11-3-7-13(8-4-11)15(17)18/h1-10,16H,(H,17,18)/b2-1-. The van der Waals surface area contributed by atoms with Crippen molar-refractivity contribution in [3.05, 3.63) is 65.2 Å². The summed E-state index contributed by atoms with van der Waals surface area (Å²) in [5.74, 6) is -0.693. The van der Waals surface area contributed by atoms with E-state index in [1.165, 1.54) is 0 Å². The summed E-state index contributed by atoms with van der Waals surface area (Å²) in [7, 11) is 0. The Balaban J connectivity index is 2.13. The van der Waals surface area contributed by atoms with E-state index in [9.17, 15) is 4.79 Å². The zero-order valence-corrected chi connectivity index (χ0v) is 9.58. The molecule has 0 bridgehead atoms. The lowest BCUT2D eigenvalue weighted by Gasteiger charge is -1.97. The minimum atomic E-state index is -0.927. The topological polar surface area (TPSA) is 57.5 Å². The van der Waals surface area contributed by atoms with E-state index in [0.29, 0.717) is 0 Å². The molecule has 0 amide bonds. The van der Waals surface area contributed by atoms with E-state index >= 15 is 0 Å². The first-order valence-corrected chi connectivity index (χ1v) is 5.45. The Morgan fingerprint density at radius 3 is 1.72 bits per heavy atom. The molecule has 2 aromatic rings. The molecule has 2 aromatic carbocycles. The molecular formula is C15H12O3. The number of aromatic hydroxyl groups is 1. The Morgan fingerprint density at radius 1 is 0.833 bits per heavy atom. The van der Waals surface area contributed by atoms with Crippen LogP contribution in [0.2, 0.25) is 0 Å². The second kappa shape index (κ2) is 5.19. The minimum Gasteiger partial charge on any atom is -0.508 e. The average Bonchev–Trinajstić information content (AvgIpc) is 2.38. The van der Waals surface area contributed by atoms with Crippen molar-refractivity contribution < 1.29 is 15.0 Å². The Morgan fingerprint density at radius 2 is 1.28 bits per heavy atom. The molecule has 0 saturated heterocycles. The number of hydrogen-bond donors (Lipinski definition) is 2. The molecule has 2 N–H and O–H groups in total. The molecule has 0 radical (unpaired) electrons. The fourth-order valence-corrected chi connectivity index (χ4v) is 1.51. The number of aromatic carboxylic acids is 1. The summed E-state index contributed by atoms with van der Waals surface area (Å²) in [6.45, 7) is 0. The van der Waals surface area contributed by atoms with Gasteiger partial charge in [0.25, 0.3) is 0 Å². The number of phenols is 1. The highest BCUT2D eigenvalue weighted by Gasteiger charge is 1.99. The van der Waals surface area contributed by atoms with Gasteiger partial charge < -0.3 is 10.2 Å². The molecule has 0 aromatic heterocycles. The molecule has 0 aliphatic carbocycles. The van der Waals surface area contributed by atoms with E-state index < -0.39 is 5.97 Å². The number of carboxylic acid groups (broad SMARTS) is 1. The molecule has 2 rings (SSSR count). The van der Waals surface area contributed by atoms with Crippen LogP contribution in [0, 0.1) is 0 Å². The first-order chi connectivity index (χ1) is 8.65. The number of carboxylic acids is 1. The summed E-state index contributed by atoms with van der Waals surface area (Å²) in [6.07, 6.45) is 3.78. The fraction of sp³-hybridized carbons (Fsp3) is 0. The number of benzene rings is 2. The van der Waals surface area contributed by atoms with Gasteiger partial charge in [0.1, 0.15) is 5.75 Å². The van der Waals surface area contributed by atoms with Crippen molar-refractivity contribution in [1.82, 2.24) is 0 Å². The number of phenolic OH excluding ortho intramolecular Hbond substituents is 1. The van der Waals surface area contributed by atoms with Gasteiger partial charge in [-0.25, -0.2) is 4.79 Å². The SMILES string of the molecule is O=C(O)c1ccc(/C=C\c2ccc(O)cc2)cc1. The van der Waals surface area contributed by atoms with Gasteiger partial charge in [-0.2, -0.15) is 0 Å². The van der Waals surface area contributed by atoms with Gasteiger partial charge in [0.05, 0.1) is 5.56 Å². The predicted molar refractivity (Wildman–Crippen MR) is 70.4 cm³/mol. The second-order valence-corrected chi connectivity index (χ2v) is 3.85. The van der Waals surface area contributed by atoms with Crippen LogP contribution in [0.5, 0.6) is 5.75 Å². The number of hydrogen-bond acceptors (Lipinski definition) is 2. The van der Waals surface area contributed by atoms with Crippen LogP contribution in [0.4, 0.5) is 0 Å². The van der Waals surface area contributed by atoms with Crippen molar-refractivity contribution in [2.24, 2.45) is 0 Å². The maximum absolute atomic E-state index is 10.7. The number of carbonyl (C=O) groups is 1. The molecule has 0 aliphatic rings. The Bertz CT molecular complexity index is 566. The van der Waals surface area contributed by atoms with Gasteiger partial charge in [-0.05, 0) is 35.4 Å². The summed E-state index contributed by atoms with van der Waals surface area (Å²) in [5.41, 5.74) is 2.17. The lowest BCUT2D eigenvalue weighted by molar-refractivity contribution is 0.0697. The molecular weight excluding hydrogens is 228 g/mol. The molecule has 0 saturated carbocycles. The van der Waals surface area contributed by atoms with Gasteiger partial charge in [0, 0.05) is 0 Å². The van der Waals surface area contributed by atoms with Gasteiger partial charge in [0.2, 0.25) is 0 Å². The maximum atomic E-state index is 10.7. The van der Waals surface area contributed by atoms with Crippen molar-refractivity contribution in [3.63, 3.8) is 0 Å². The molecule has 3 heteroatoms. The van der Waals surface area contributed by atoms with Crippen molar-refractivity contribution in [2.45, 2.75) is 0 Å². The molecule has 0 spiro atoms. The van der Waals surface area contributed by atoms with Gasteiger partial charge in [0.15, 0.2) is 0 Å². The minimum absolute atomic E-state index is 0.234. The first kappa shape index (κ1) is 11.9. The second-order valence-electron chi connectivity index (χ2n) is 3.85. The van der Waals surface area contributed by atoms with Crippen LogP contribution in [0.25, 0.3) is 12.2 Å². The zero-order valence-electron chi connectivity index (χ0n) is 9.58. The lowest BCUT2D eigenvalue weighted by atomic mass is 10.1. The normalized spacial score (nSPS) is 10.7. The van der Waals surface area contributed by atoms with Crippen LogP contribution in [0.15, 0.2) is 48.5 Å². The van der Waals surface area contributed by atoms with Crippen LogP contribution < -0.4 is 0 Å². The molecule has 0 aliphatic heterocycles. The number of rotatable bonds is 3. The highest BCUT2D eigenvalue weighted by molar-refractivity contribution is 5.88. The summed E-state index contributed by atoms with van der Waals surface area (Å²) in [4.78, 5) is 10.7. The van der Waals surface area contributed by atoms with E-state index in [4.69, 9.17) is 10.2 Å². The summed E-state index contributed by atoms with van der Waals surface area (Å²) < 4.78 is 0. The third-order valence-corrected chi connectivity index (χ3v) is 2.52. The first-order valence-electron chi connectivity index (χ1n) is 5.45. The smallest absolute Gasteiger partial charge is 0.335 e. The summed E-state index contributed by atoms with van der Waals surface area (Å²) in [5, 5.41) is 17.9. The van der Waals surface area contributed by atoms with E-state index in [0.717, 1.165) is 11.1 Å². The van der Waals surface area contributed by atoms with Crippen LogP contribution in [0.3, 0.4) is 0 Å². The van der Waals surface area contributed by atoms with Gasteiger partial charge >= 0.3 is 5.97 Å². The summed E-state index contributed by atoms with van der Waals surface area (Å²) >= 11 is 0. The van der Waals surface area contributed by atoms with Crippen LogP contribution in [-0.2, 0) is 0 Å². The van der Waals surface area contributed by atoms with E-state index in [-0.39, 0.29) is 11.3 Å². The van der Waals surface area contributed by atoms with Crippen molar-refractivity contribution >= 4 is 18.1 Å². The van der Waals surface area contributed by atoms with E-state index in [1.807, 2.05) is 12.2 Å². The Hall–Kier alpha value is -2.55. The third kappa shape index (κ3) is 2.98. The van der Waals surface area contributed by atoms with Gasteiger partial charge in [-0.15, -0.1) is 0 Å². The van der Waals surface area contributed by atoms with Crippen LogP contribution >= 0.6 is 0 Å².